The second-order valence-electron chi connectivity index (χ2n) is 6.34. The van der Waals surface area contributed by atoms with E-state index < -0.39 is 0 Å². The van der Waals surface area contributed by atoms with Crippen molar-refractivity contribution in [2.24, 2.45) is 0 Å². The van der Waals surface area contributed by atoms with E-state index in [9.17, 15) is 5.11 Å². The Morgan fingerprint density at radius 2 is 1.72 bits per heavy atom. The van der Waals surface area contributed by atoms with Gasteiger partial charge in [0.15, 0.2) is 0 Å². The lowest BCUT2D eigenvalue weighted by Crippen LogP contribution is -2.03. The van der Waals surface area contributed by atoms with Crippen molar-refractivity contribution in [3.05, 3.63) is 99.7 Å². The molecule has 0 aliphatic rings. The molecule has 3 aromatic carbocycles. The zero-order valence-electron chi connectivity index (χ0n) is 13.8. The quantitative estimate of drug-likeness (QED) is 0.433. The molecule has 25 heavy (non-hydrogen) atoms. The van der Waals surface area contributed by atoms with E-state index in [1.807, 2.05) is 30.3 Å². The van der Waals surface area contributed by atoms with Crippen LogP contribution in [0, 0.1) is 6.92 Å². The third kappa shape index (κ3) is 2.96. The van der Waals surface area contributed by atoms with E-state index in [1.54, 1.807) is 6.07 Å². The van der Waals surface area contributed by atoms with Gasteiger partial charge >= 0.3 is 0 Å². The monoisotopic (exact) mass is 391 g/mol. The Morgan fingerprint density at radius 1 is 0.920 bits per heavy atom. The molecule has 0 aliphatic carbocycles. The number of aromatic nitrogens is 1. The number of hydrogen-bond donors (Lipinski definition) is 2. The molecule has 0 radical (unpaired) electrons. The smallest absolute Gasteiger partial charge is 0.119 e. The fourth-order valence-corrected chi connectivity index (χ4v) is 3.79. The number of phenolic OH excluding ortho intramolecular Hbond substituents is 1. The van der Waals surface area contributed by atoms with Crippen molar-refractivity contribution in [2.75, 3.05) is 0 Å². The Hall–Kier alpha value is -2.52. The fourth-order valence-electron chi connectivity index (χ4n) is 3.43. The van der Waals surface area contributed by atoms with Gasteiger partial charge in [-0.2, -0.15) is 0 Å². The Balaban J connectivity index is 2.00. The van der Waals surface area contributed by atoms with Gasteiger partial charge in [0.05, 0.1) is 0 Å². The first-order valence-electron chi connectivity index (χ1n) is 8.24. The third-order valence-corrected chi connectivity index (χ3v) is 5.11. The number of aryl methyl sites for hydroxylation is 1. The van der Waals surface area contributed by atoms with E-state index in [0.29, 0.717) is 5.75 Å². The maximum Gasteiger partial charge on any atom is 0.119 e. The number of phenols is 1. The van der Waals surface area contributed by atoms with Crippen LogP contribution in [-0.2, 0) is 0 Å². The van der Waals surface area contributed by atoms with Gasteiger partial charge in [-0.3, -0.25) is 0 Å². The normalized spacial score (nSPS) is 12.4. The average Bonchev–Trinajstić information content (AvgIpc) is 3.02. The summed E-state index contributed by atoms with van der Waals surface area (Å²) >= 11 is 3.58. The summed E-state index contributed by atoms with van der Waals surface area (Å²) in [4.78, 5) is 3.37. The van der Waals surface area contributed by atoms with Crippen LogP contribution in [0.4, 0.5) is 0 Å². The Morgan fingerprint density at radius 3 is 2.52 bits per heavy atom. The minimum atomic E-state index is -0.0378. The number of H-pyrrole nitrogens is 1. The summed E-state index contributed by atoms with van der Waals surface area (Å²) in [6.45, 7) is 2.05. The first-order valence-corrected chi connectivity index (χ1v) is 9.04. The summed E-state index contributed by atoms with van der Waals surface area (Å²) in [6, 6.07) is 22.4. The molecule has 4 rings (SSSR count). The van der Waals surface area contributed by atoms with Crippen molar-refractivity contribution < 1.29 is 5.11 Å². The van der Waals surface area contributed by atoms with Crippen molar-refractivity contribution in [3.63, 3.8) is 0 Å². The van der Waals surface area contributed by atoms with Crippen LogP contribution < -0.4 is 0 Å². The van der Waals surface area contributed by atoms with Crippen LogP contribution >= 0.6 is 15.9 Å². The highest BCUT2D eigenvalue weighted by molar-refractivity contribution is 9.10. The lowest BCUT2D eigenvalue weighted by Gasteiger charge is -2.20. The number of halogens is 1. The maximum atomic E-state index is 10.6. The van der Waals surface area contributed by atoms with E-state index in [0.717, 1.165) is 37.6 Å². The van der Waals surface area contributed by atoms with Crippen molar-refractivity contribution in [1.82, 2.24) is 4.98 Å². The van der Waals surface area contributed by atoms with Gasteiger partial charge < -0.3 is 10.1 Å². The van der Waals surface area contributed by atoms with Crippen molar-refractivity contribution in [1.29, 1.82) is 0 Å². The van der Waals surface area contributed by atoms with Gasteiger partial charge in [0.1, 0.15) is 5.75 Å². The average molecular weight is 392 g/mol. The van der Waals surface area contributed by atoms with Gasteiger partial charge in [-0.15, -0.1) is 0 Å². The van der Waals surface area contributed by atoms with Gasteiger partial charge in [-0.25, -0.2) is 0 Å². The highest BCUT2D eigenvalue weighted by Gasteiger charge is 2.23. The number of aromatic hydroxyl groups is 1. The van der Waals surface area contributed by atoms with Crippen LogP contribution in [-0.4, -0.2) is 10.1 Å². The molecule has 2 nitrogen and oxygen atoms in total. The Bertz CT molecular complexity index is 1040. The van der Waals surface area contributed by atoms with Crippen LogP contribution in [0.5, 0.6) is 5.75 Å². The molecule has 0 amide bonds. The van der Waals surface area contributed by atoms with E-state index in [4.69, 9.17) is 0 Å². The minimum absolute atomic E-state index is 0.0378. The molecular formula is C22H18BrNO. The van der Waals surface area contributed by atoms with Crippen LogP contribution in [0.1, 0.15) is 28.2 Å². The molecule has 124 valence electrons. The minimum Gasteiger partial charge on any atom is -0.508 e. The zero-order valence-corrected chi connectivity index (χ0v) is 15.4. The van der Waals surface area contributed by atoms with Crippen molar-refractivity contribution in [2.45, 2.75) is 12.8 Å². The molecular weight excluding hydrogens is 374 g/mol. The highest BCUT2D eigenvalue weighted by Crippen LogP contribution is 2.40. The zero-order chi connectivity index (χ0) is 17.4. The molecule has 1 unspecified atom stereocenters. The standard InChI is InChI=1S/C22H18BrNO/c1-14-7-10-21(25)18(11-14)22(15-5-3-2-4-6-15)19-13-24-20-9-8-16(23)12-17(19)20/h2-13,22,24-25H,1H3. The van der Waals surface area contributed by atoms with Crippen molar-refractivity contribution in [3.8, 4) is 5.75 Å². The van der Waals surface area contributed by atoms with Crippen LogP contribution in [0.25, 0.3) is 10.9 Å². The molecule has 3 heteroatoms. The molecule has 2 N–H and O–H groups in total. The predicted octanol–water partition coefficient (Wildman–Crippen LogP) is 6.12. The Labute approximate surface area is 155 Å². The lowest BCUT2D eigenvalue weighted by atomic mass is 9.84. The number of hydrogen-bond acceptors (Lipinski definition) is 1. The van der Waals surface area contributed by atoms with Crippen LogP contribution in [0.3, 0.4) is 0 Å². The molecule has 0 fully saturated rings. The third-order valence-electron chi connectivity index (χ3n) is 4.61. The molecule has 0 saturated carbocycles. The summed E-state index contributed by atoms with van der Waals surface area (Å²) in [7, 11) is 0. The number of benzene rings is 3. The maximum absolute atomic E-state index is 10.6. The summed E-state index contributed by atoms with van der Waals surface area (Å²) < 4.78 is 1.04. The van der Waals surface area contributed by atoms with Gasteiger partial charge in [0.2, 0.25) is 0 Å². The molecule has 1 aromatic heterocycles. The summed E-state index contributed by atoms with van der Waals surface area (Å²) in [6.07, 6.45) is 2.05. The van der Waals surface area contributed by atoms with E-state index in [1.165, 1.54) is 0 Å². The van der Waals surface area contributed by atoms with E-state index >= 15 is 0 Å². The number of rotatable bonds is 3. The van der Waals surface area contributed by atoms with Crippen LogP contribution in [0.15, 0.2) is 77.4 Å². The SMILES string of the molecule is Cc1ccc(O)c(C(c2ccccc2)c2c[nH]c3ccc(Br)cc23)c1. The molecule has 0 bridgehead atoms. The molecule has 1 atom stereocenters. The summed E-state index contributed by atoms with van der Waals surface area (Å²) in [5, 5.41) is 11.7. The molecule has 1 heterocycles. The lowest BCUT2D eigenvalue weighted by molar-refractivity contribution is 0.467. The first kappa shape index (κ1) is 16.0. The fraction of sp³-hybridized carbons (Fsp3) is 0.0909. The molecule has 0 aliphatic heterocycles. The summed E-state index contributed by atoms with van der Waals surface area (Å²) in [5.41, 5.74) is 5.46. The van der Waals surface area contributed by atoms with Crippen LogP contribution in [0.2, 0.25) is 0 Å². The van der Waals surface area contributed by atoms with Crippen molar-refractivity contribution >= 4 is 26.8 Å². The molecule has 0 spiro atoms. The number of fused-ring (bicyclic) bond motifs is 1. The van der Waals surface area contributed by atoms with Gasteiger partial charge in [-0.05, 0) is 42.3 Å². The second kappa shape index (κ2) is 6.41. The Kier molecular flexibility index (Phi) is 4.10. The second-order valence-corrected chi connectivity index (χ2v) is 7.26. The number of nitrogens with one attached hydrogen (secondary N) is 1. The number of aromatic amines is 1. The van der Waals surface area contributed by atoms with Gasteiger partial charge in [-0.1, -0.05) is 64.0 Å². The summed E-state index contributed by atoms with van der Waals surface area (Å²) in [5.74, 6) is 0.285. The van der Waals surface area contributed by atoms with Gasteiger partial charge in [0.25, 0.3) is 0 Å². The molecule has 0 saturated heterocycles. The first-order chi connectivity index (χ1) is 12.1. The predicted molar refractivity (Wildman–Crippen MR) is 106 cm³/mol. The van der Waals surface area contributed by atoms with E-state index in [2.05, 4.69) is 64.4 Å². The highest BCUT2D eigenvalue weighted by atomic mass is 79.9. The topological polar surface area (TPSA) is 36.0 Å². The largest absolute Gasteiger partial charge is 0.508 e. The van der Waals surface area contributed by atoms with Gasteiger partial charge in [0, 0.05) is 33.1 Å². The molecule has 4 aromatic rings. The van der Waals surface area contributed by atoms with E-state index in [-0.39, 0.29) is 5.92 Å².